The van der Waals surface area contributed by atoms with Crippen LogP contribution in [-0.2, 0) is 9.47 Å². The van der Waals surface area contributed by atoms with Gasteiger partial charge in [0.2, 0.25) is 0 Å². The van der Waals surface area contributed by atoms with Crippen molar-refractivity contribution in [3.8, 4) is 0 Å². The van der Waals surface area contributed by atoms with Gasteiger partial charge in [-0.1, -0.05) is 13.8 Å². The van der Waals surface area contributed by atoms with Crippen LogP contribution in [0.5, 0.6) is 0 Å². The van der Waals surface area contributed by atoms with Crippen LogP contribution in [0.25, 0.3) is 0 Å². The molecule has 1 heterocycles. The Bertz CT molecular complexity index is 133. The molecule has 1 aliphatic heterocycles. The van der Waals surface area contributed by atoms with Crippen LogP contribution in [0.4, 0.5) is 0 Å². The summed E-state index contributed by atoms with van der Waals surface area (Å²) in [4.78, 5) is 0. The summed E-state index contributed by atoms with van der Waals surface area (Å²) in [5.74, 6) is 0. The van der Waals surface area contributed by atoms with E-state index in [4.69, 9.17) is 14.6 Å². The highest BCUT2D eigenvalue weighted by Gasteiger charge is 2.41. The third-order valence-electron chi connectivity index (χ3n) is 2.31. The van der Waals surface area contributed by atoms with Crippen molar-refractivity contribution in [2.75, 3.05) is 13.7 Å². The van der Waals surface area contributed by atoms with Gasteiger partial charge in [0.05, 0.1) is 12.7 Å². The Morgan fingerprint density at radius 1 is 1.64 bits per heavy atom. The summed E-state index contributed by atoms with van der Waals surface area (Å²) in [6, 6.07) is 0. The SMILES string of the molecule is COC1CC(C)(C)C(CO)O1. The highest BCUT2D eigenvalue weighted by Crippen LogP contribution is 2.37. The average molecular weight is 160 g/mol. The van der Waals surface area contributed by atoms with E-state index >= 15 is 0 Å². The fourth-order valence-corrected chi connectivity index (χ4v) is 1.41. The summed E-state index contributed by atoms with van der Waals surface area (Å²) < 4.78 is 10.4. The molecule has 0 amide bonds. The molecular formula is C8H16O3. The number of aliphatic hydroxyl groups is 1. The second-order valence-electron chi connectivity index (χ2n) is 3.67. The molecule has 0 saturated carbocycles. The van der Waals surface area contributed by atoms with Crippen molar-refractivity contribution in [3.05, 3.63) is 0 Å². The van der Waals surface area contributed by atoms with Crippen molar-refractivity contribution in [3.63, 3.8) is 0 Å². The van der Waals surface area contributed by atoms with Gasteiger partial charge in [-0.15, -0.1) is 0 Å². The van der Waals surface area contributed by atoms with Crippen molar-refractivity contribution in [2.24, 2.45) is 5.41 Å². The van der Waals surface area contributed by atoms with E-state index in [0.717, 1.165) is 6.42 Å². The largest absolute Gasteiger partial charge is 0.394 e. The molecule has 1 saturated heterocycles. The van der Waals surface area contributed by atoms with E-state index in [1.807, 2.05) is 0 Å². The van der Waals surface area contributed by atoms with E-state index < -0.39 is 0 Å². The summed E-state index contributed by atoms with van der Waals surface area (Å²) in [5, 5.41) is 8.93. The van der Waals surface area contributed by atoms with Gasteiger partial charge in [0.25, 0.3) is 0 Å². The van der Waals surface area contributed by atoms with E-state index in [1.165, 1.54) is 0 Å². The number of methoxy groups -OCH3 is 1. The number of ether oxygens (including phenoxy) is 2. The van der Waals surface area contributed by atoms with Crippen LogP contribution in [0.2, 0.25) is 0 Å². The van der Waals surface area contributed by atoms with Gasteiger partial charge in [0.15, 0.2) is 6.29 Å². The first-order chi connectivity index (χ1) is 5.10. The number of hydrogen-bond acceptors (Lipinski definition) is 3. The van der Waals surface area contributed by atoms with Crippen LogP contribution in [0.3, 0.4) is 0 Å². The maximum absolute atomic E-state index is 8.93. The molecule has 1 rings (SSSR count). The molecule has 0 aliphatic carbocycles. The first-order valence-corrected chi connectivity index (χ1v) is 3.89. The third-order valence-corrected chi connectivity index (χ3v) is 2.31. The summed E-state index contributed by atoms with van der Waals surface area (Å²) in [5.41, 5.74) is 0.0371. The van der Waals surface area contributed by atoms with Crippen LogP contribution in [0, 0.1) is 5.41 Å². The first-order valence-electron chi connectivity index (χ1n) is 3.89. The van der Waals surface area contributed by atoms with Gasteiger partial charge in [-0.25, -0.2) is 0 Å². The highest BCUT2D eigenvalue weighted by molar-refractivity contribution is 4.85. The van der Waals surface area contributed by atoms with E-state index in [9.17, 15) is 0 Å². The van der Waals surface area contributed by atoms with Gasteiger partial charge in [0, 0.05) is 13.5 Å². The van der Waals surface area contributed by atoms with Gasteiger partial charge >= 0.3 is 0 Å². The zero-order chi connectivity index (χ0) is 8.48. The molecule has 2 unspecified atom stereocenters. The maximum atomic E-state index is 8.93. The Balaban J connectivity index is 2.55. The Kier molecular flexibility index (Phi) is 2.52. The molecule has 0 radical (unpaired) electrons. The fourth-order valence-electron chi connectivity index (χ4n) is 1.41. The van der Waals surface area contributed by atoms with Crippen molar-refractivity contribution in [2.45, 2.75) is 32.7 Å². The van der Waals surface area contributed by atoms with Gasteiger partial charge in [-0.3, -0.25) is 0 Å². The van der Waals surface area contributed by atoms with Crippen LogP contribution in [-0.4, -0.2) is 31.2 Å². The molecule has 1 fully saturated rings. The van der Waals surface area contributed by atoms with Crippen LogP contribution in [0.15, 0.2) is 0 Å². The second kappa shape index (κ2) is 3.09. The minimum atomic E-state index is -0.137. The lowest BCUT2D eigenvalue weighted by molar-refractivity contribution is -0.127. The summed E-state index contributed by atoms with van der Waals surface area (Å²) in [6.07, 6.45) is 0.643. The molecule has 0 spiro atoms. The Morgan fingerprint density at radius 2 is 2.27 bits per heavy atom. The summed E-state index contributed by atoms with van der Waals surface area (Å²) >= 11 is 0. The molecule has 3 heteroatoms. The number of aliphatic hydroxyl groups excluding tert-OH is 1. The van der Waals surface area contributed by atoms with Crippen molar-refractivity contribution < 1.29 is 14.6 Å². The van der Waals surface area contributed by atoms with E-state index in [2.05, 4.69) is 13.8 Å². The zero-order valence-corrected chi connectivity index (χ0v) is 7.33. The minimum Gasteiger partial charge on any atom is -0.394 e. The standard InChI is InChI=1S/C8H16O3/c1-8(2)4-7(10-3)11-6(8)5-9/h6-7,9H,4-5H2,1-3H3. The zero-order valence-electron chi connectivity index (χ0n) is 7.33. The van der Waals surface area contributed by atoms with E-state index in [1.54, 1.807) is 7.11 Å². The smallest absolute Gasteiger partial charge is 0.158 e. The Labute approximate surface area is 67.3 Å². The average Bonchev–Trinajstić information content (AvgIpc) is 2.24. The Morgan fingerprint density at radius 3 is 2.55 bits per heavy atom. The van der Waals surface area contributed by atoms with Gasteiger partial charge < -0.3 is 14.6 Å². The molecule has 0 bridgehead atoms. The lowest BCUT2D eigenvalue weighted by Crippen LogP contribution is -2.27. The van der Waals surface area contributed by atoms with Crippen LogP contribution in [0.1, 0.15) is 20.3 Å². The summed E-state index contributed by atoms with van der Waals surface area (Å²) in [6.45, 7) is 4.23. The fraction of sp³-hybridized carbons (Fsp3) is 1.00. The number of rotatable bonds is 2. The normalized spacial score (nSPS) is 36.0. The predicted octanol–water partition coefficient (Wildman–Crippen LogP) is 0.766. The van der Waals surface area contributed by atoms with Gasteiger partial charge in [-0.2, -0.15) is 0 Å². The topological polar surface area (TPSA) is 38.7 Å². The van der Waals surface area contributed by atoms with E-state index in [-0.39, 0.29) is 24.4 Å². The Hall–Kier alpha value is -0.120. The molecule has 11 heavy (non-hydrogen) atoms. The number of hydrogen-bond donors (Lipinski definition) is 1. The third kappa shape index (κ3) is 1.72. The highest BCUT2D eigenvalue weighted by atomic mass is 16.7. The molecule has 2 atom stereocenters. The van der Waals surface area contributed by atoms with Crippen molar-refractivity contribution >= 4 is 0 Å². The monoisotopic (exact) mass is 160 g/mol. The van der Waals surface area contributed by atoms with E-state index in [0.29, 0.717) is 0 Å². The molecule has 1 aliphatic rings. The van der Waals surface area contributed by atoms with Crippen LogP contribution < -0.4 is 0 Å². The molecule has 0 aromatic heterocycles. The van der Waals surface area contributed by atoms with Crippen molar-refractivity contribution in [1.29, 1.82) is 0 Å². The van der Waals surface area contributed by atoms with Gasteiger partial charge in [0.1, 0.15) is 0 Å². The first kappa shape index (κ1) is 8.97. The minimum absolute atomic E-state index is 0.0371. The second-order valence-corrected chi connectivity index (χ2v) is 3.67. The van der Waals surface area contributed by atoms with Crippen LogP contribution >= 0.6 is 0 Å². The van der Waals surface area contributed by atoms with Gasteiger partial charge in [-0.05, 0) is 5.41 Å². The molecule has 1 N–H and O–H groups in total. The predicted molar refractivity (Wildman–Crippen MR) is 41.2 cm³/mol. The molecule has 66 valence electrons. The lowest BCUT2D eigenvalue weighted by atomic mass is 9.86. The molecule has 0 aromatic carbocycles. The lowest BCUT2D eigenvalue weighted by Gasteiger charge is -2.21. The quantitative estimate of drug-likeness (QED) is 0.648. The molecule has 3 nitrogen and oxygen atoms in total. The van der Waals surface area contributed by atoms with Crippen molar-refractivity contribution in [1.82, 2.24) is 0 Å². The molecular weight excluding hydrogens is 144 g/mol. The summed E-state index contributed by atoms with van der Waals surface area (Å²) in [7, 11) is 1.63. The maximum Gasteiger partial charge on any atom is 0.158 e. The molecule has 0 aromatic rings.